The molecule has 2 atom stereocenters. The van der Waals surface area contributed by atoms with E-state index >= 15 is 0 Å². The molecule has 0 bridgehead atoms. The predicted octanol–water partition coefficient (Wildman–Crippen LogP) is 2.89. The van der Waals surface area contributed by atoms with Gasteiger partial charge < -0.3 is 10.2 Å². The van der Waals surface area contributed by atoms with Gasteiger partial charge in [0.1, 0.15) is 0 Å². The van der Waals surface area contributed by atoms with Crippen LogP contribution in [0, 0.1) is 11.8 Å². The number of nitrogens with one attached hydrogen (secondary N) is 1. The number of hydrogen-bond donors (Lipinski definition) is 1. The topological polar surface area (TPSA) is 15.3 Å². The molecule has 2 rings (SSSR count). The van der Waals surface area contributed by atoms with Crippen molar-refractivity contribution in [1.29, 1.82) is 0 Å². The van der Waals surface area contributed by atoms with Crippen LogP contribution in [-0.4, -0.2) is 37.6 Å². The highest BCUT2D eigenvalue weighted by Gasteiger charge is 2.27. The summed E-state index contributed by atoms with van der Waals surface area (Å²) in [6.07, 6.45) is 10.1. The van der Waals surface area contributed by atoms with Gasteiger partial charge in [0.15, 0.2) is 0 Å². The van der Waals surface area contributed by atoms with Gasteiger partial charge in [-0.2, -0.15) is 0 Å². The van der Waals surface area contributed by atoms with Crippen LogP contribution < -0.4 is 5.32 Å². The van der Waals surface area contributed by atoms with Crippen LogP contribution in [0.1, 0.15) is 51.9 Å². The summed E-state index contributed by atoms with van der Waals surface area (Å²) in [5.74, 6) is 1.92. The highest BCUT2D eigenvalue weighted by molar-refractivity contribution is 4.83. The Morgan fingerprint density at radius 2 is 1.76 bits per heavy atom. The van der Waals surface area contributed by atoms with Gasteiger partial charge >= 0.3 is 0 Å². The number of rotatable bonds is 6. The Balaban J connectivity index is 1.78. The van der Waals surface area contributed by atoms with Crippen molar-refractivity contribution in [2.24, 2.45) is 11.8 Å². The molecule has 2 unspecified atom stereocenters. The summed E-state index contributed by atoms with van der Waals surface area (Å²) in [4.78, 5) is 2.71. The lowest BCUT2D eigenvalue weighted by Gasteiger charge is -2.38. The van der Waals surface area contributed by atoms with Gasteiger partial charge in [0.05, 0.1) is 0 Å². The van der Waals surface area contributed by atoms with Gasteiger partial charge in [-0.15, -0.1) is 0 Å². The highest BCUT2D eigenvalue weighted by Crippen LogP contribution is 2.29. The first kappa shape index (κ1) is 13.4. The van der Waals surface area contributed by atoms with E-state index in [1.165, 1.54) is 64.6 Å². The Hall–Kier alpha value is -0.0800. The molecule has 0 aromatic carbocycles. The van der Waals surface area contributed by atoms with E-state index < -0.39 is 0 Å². The lowest BCUT2D eigenvalue weighted by molar-refractivity contribution is 0.135. The van der Waals surface area contributed by atoms with Crippen LogP contribution in [0.15, 0.2) is 0 Å². The van der Waals surface area contributed by atoms with Crippen molar-refractivity contribution in [3.8, 4) is 0 Å². The molecular weight excluding hydrogens is 208 g/mol. The van der Waals surface area contributed by atoms with E-state index in [-0.39, 0.29) is 0 Å². The van der Waals surface area contributed by atoms with Gasteiger partial charge in [0, 0.05) is 19.1 Å². The number of hydrogen-bond acceptors (Lipinski definition) is 2. The first-order valence-corrected chi connectivity index (χ1v) is 7.73. The lowest BCUT2D eigenvalue weighted by atomic mass is 9.82. The third-order valence-electron chi connectivity index (χ3n) is 4.96. The van der Waals surface area contributed by atoms with E-state index in [1.807, 2.05) is 0 Å². The predicted molar refractivity (Wildman–Crippen MR) is 74.3 cm³/mol. The van der Waals surface area contributed by atoms with Crippen LogP contribution in [0.3, 0.4) is 0 Å². The molecule has 0 radical (unpaired) electrons. The molecule has 0 saturated heterocycles. The Bertz CT molecular complexity index is 213. The minimum atomic E-state index is 0.777. The maximum atomic E-state index is 3.54. The SMILES string of the molecule is CCN(CC1CCC1)CC1CCCCC1NC. The minimum Gasteiger partial charge on any atom is -0.317 e. The molecule has 0 heterocycles. The molecule has 1 N–H and O–H groups in total. The summed E-state index contributed by atoms with van der Waals surface area (Å²) < 4.78 is 0. The molecule has 2 heteroatoms. The van der Waals surface area contributed by atoms with E-state index in [1.54, 1.807) is 0 Å². The molecule has 17 heavy (non-hydrogen) atoms. The zero-order valence-corrected chi connectivity index (χ0v) is 11.8. The van der Waals surface area contributed by atoms with Gasteiger partial charge in [0.2, 0.25) is 0 Å². The van der Waals surface area contributed by atoms with Crippen molar-refractivity contribution in [3.63, 3.8) is 0 Å². The number of nitrogens with zero attached hydrogens (tertiary/aromatic N) is 1. The zero-order chi connectivity index (χ0) is 12.1. The van der Waals surface area contributed by atoms with E-state index in [0.717, 1.165) is 17.9 Å². The summed E-state index contributed by atoms with van der Waals surface area (Å²) in [7, 11) is 2.14. The minimum absolute atomic E-state index is 0.777. The quantitative estimate of drug-likeness (QED) is 0.765. The molecule has 0 aromatic rings. The Morgan fingerprint density at radius 3 is 2.35 bits per heavy atom. The van der Waals surface area contributed by atoms with Crippen molar-refractivity contribution in [3.05, 3.63) is 0 Å². The summed E-state index contributed by atoms with van der Waals surface area (Å²) in [6.45, 7) is 6.27. The Kier molecular flexibility index (Phi) is 5.30. The van der Waals surface area contributed by atoms with Crippen LogP contribution in [0.2, 0.25) is 0 Å². The van der Waals surface area contributed by atoms with Crippen LogP contribution in [0.4, 0.5) is 0 Å². The van der Waals surface area contributed by atoms with Gasteiger partial charge in [-0.25, -0.2) is 0 Å². The second-order valence-corrected chi connectivity index (χ2v) is 6.09. The van der Waals surface area contributed by atoms with E-state index in [9.17, 15) is 0 Å². The monoisotopic (exact) mass is 238 g/mol. The maximum Gasteiger partial charge on any atom is 0.0104 e. The average Bonchev–Trinajstić information content (AvgIpc) is 2.32. The molecule has 2 nitrogen and oxygen atoms in total. The summed E-state index contributed by atoms with van der Waals surface area (Å²) >= 11 is 0. The van der Waals surface area contributed by atoms with Crippen LogP contribution >= 0.6 is 0 Å². The Labute approximate surface area is 107 Å². The van der Waals surface area contributed by atoms with Crippen LogP contribution in [-0.2, 0) is 0 Å². The van der Waals surface area contributed by atoms with Crippen molar-refractivity contribution < 1.29 is 0 Å². The normalized spacial score (nSPS) is 30.5. The van der Waals surface area contributed by atoms with Crippen molar-refractivity contribution in [2.45, 2.75) is 57.9 Å². The third kappa shape index (κ3) is 3.69. The fraction of sp³-hybridized carbons (Fsp3) is 1.00. The lowest BCUT2D eigenvalue weighted by Crippen LogP contribution is -2.44. The van der Waals surface area contributed by atoms with E-state index in [0.29, 0.717) is 0 Å². The molecular formula is C15H30N2. The smallest absolute Gasteiger partial charge is 0.0104 e. The summed E-state index contributed by atoms with van der Waals surface area (Å²) in [5.41, 5.74) is 0. The molecule has 0 amide bonds. The van der Waals surface area contributed by atoms with E-state index in [4.69, 9.17) is 0 Å². The second-order valence-electron chi connectivity index (χ2n) is 6.09. The van der Waals surface area contributed by atoms with Crippen molar-refractivity contribution in [1.82, 2.24) is 10.2 Å². The van der Waals surface area contributed by atoms with Crippen LogP contribution in [0.25, 0.3) is 0 Å². The second kappa shape index (κ2) is 6.75. The van der Waals surface area contributed by atoms with Crippen LogP contribution in [0.5, 0.6) is 0 Å². The zero-order valence-electron chi connectivity index (χ0n) is 11.8. The highest BCUT2D eigenvalue weighted by atomic mass is 15.1. The fourth-order valence-corrected chi connectivity index (χ4v) is 3.51. The molecule has 0 aromatic heterocycles. The maximum absolute atomic E-state index is 3.54. The van der Waals surface area contributed by atoms with Gasteiger partial charge in [-0.3, -0.25) is 0 Å². The summed E-state index contributed by atoms with van der Waals surface area (Å²) in [5, 5.41) is 3.54. The standard InChI is InChI=1S/C15H30N2/c1-3-17(11-13-7-6-8-13)12-14-9-4-5-10-15(14)16-2/h13-16H,3-12H2,1-2H3. The van der Waals surface area contributed by atoms with Gasteiger partial charge in [-0.1, -0.05) is 26.2 Å². The van der Waals surface area contributed by atoms with Crippen molar-refractivity contribution >= 4 is 0 Å². The van der Waals surface area contributed by atoms with Crippen molar-refractivity contribution in [2.75, 3.05) is 26.7 Å². The molecule has 0 spiro atoms. The average molecular weight is 238 g/mol. The molecule has 2 aliphatic rings. The molecule has 2 saturated carbocycles. The molecule has 0 aliphatic heterocycles. The first-order chi connectivity index (χ1) is 8.33. The third-order valence-corrected chi connectivity index (χ3v) is 4.96. The molecule has 2 aliphatic carbocycles. The van der Waals surface area contributed by atoms with Gasteiger partial charge in [-0.05, 0) is 51.1 Å². The first-order valence-electron chi connectivity index (χ1n) is 7.73. The van der Waals surface area contributed by atoms with E-state index in [2.05, 4.69) is 24.2 Å². The largest absolute Gasteiger partial charge is 0.317 e. The van der Waals surface area contributed by atoms with Gasteiger partial charge in [0.25, 0.3) is 0 Å². The Morgan fingerprint density at radius 1 is 1.00 bits per heavy atom. The molecule has 100 valence electrons. The molecule has 2 fully saturated rings. The summed E-state index contributed by atoms with van der Waals surface area (Å²) in [6, 6.07) is 0.777. The fourth-order valence-electron chi connectivity index (χ4n) is 3.51.